The Labute approximate surface area is 248 Å². The number of benzene rings is 3. The molecule has 0 spiro atoms. The van der Waals surface area contributed by atoms with Crippen LogP contribution in [0, 0.1) is 26.6 Å². The number of nitrogen functional groups attached to an aromatic ring is 1. The summed E-state index contributed by atoms with van der Waals surface area (Å²) in [5.41, 5.74) is 12.6. The lowest BCUT2D eigenvalue weighted by atomic mass is 10.1. The predicted octanol–water partition coefficient (Wildman–Crippen LogP) is 6.60. The number of ether oxygens (including phenoxy) is 2. The second kappa shape index (κ2) is 13.1. The Balaban J connectivity index is 0.000000171. The number of aromatic amines is 1. The van der Waals surface area contributed by atoms with Crippen molar-refractivity contribution < 1.29 is 18.7 Å². The Morgan fingerprint density at radius 1 is 1.07 bits per heavy atom. The summed E-state index contributed by atoms with van der Waals surface area (Å²) in [6.45, 7) is 9.67. The molecule has 3 aromatic carbocycles. The normalized spacial score (nSPS) is 13.4. The van der Waals surface area contributed by atoms with Gasteiger partial charge in [-0.3, -0.25) is 4.79 Å². The summed E-state index contributed by atoms with van der Waals surface area (Å²) in [5, 5.41) is 5.38. The van der Waals surface area contributed by atoms with Crippen LogP contribution >= 0.6 is 12.1 Å². The monoisotopic (exact) mass is 588 g/mol. The van der Waals surface area contributed by atoms with Crippen molar-refractivity contribution in [2.75, 3.05) is 36.8 Å². The number of aromatic nitrogens is 3. The first-order valence-electron chi connectivity index (χ1n) is 13.5. The van der Waals surface area contributed by atoms with Gasteiger partial charge < -0.3 is 24.9 Å². The van der Waals surface area contributed by atoms with Gasteiger partial charge in [0.1, 0.15) is 11.6 Å². The van der Waals surface area contributed by atoms with Crippen LogP contribution in [0.3, 0.4) is 0 Å². The Morgan fingerprint density at radius 2 is 1.86 bits per heavy atom. The molecule has 1 aliphatic rings. The third-order valence-electron chi connectivity index (χ3n) is 6.78. The van der Waals surface area contributed by atoms with Crippen LogP contribution in [0.2, 0.25) is 0 Å². The molecule has 0 bridgehead atoms. The number of hydrogen-bond acceptors (Lipinski definition) is 8. The van der Waals surface area contributed by atoms with Gasteiger partial charge in [-0.25, -0.2) is 13.4 Å². The molecule has 9 nitrogen and oxygen atoms in total. The number of aldehydes is 1. The first-order chi connectivity index (χ1) is 20.3. The summed E-state index contributed by atoms with van der Waals surface area (Å²) in [4.78, 5) is 14.2. The molecule has 0 unspecified atom stereocenters. The molecular formula is C31H33FN6O3S. The van der Waals surface area contributed by atoms with E-state index in [9.17, 15) is 9.18 Å². The molecule has 42 heavy (non-hydrogen) atoms. The molecule has 3 heterocycles. The van der Waals surface area contributed by atoms with Gasteiger partial charge in [-0.2, -0.15) is 5.10 Å². The number of morpholine rings is 1. The molecule has 0 aliphatic carbocycles. The average molecular weight is 589 g/mol. The van der Waals surface area contributed by atoms with Crippen LogP contribution in [0.4, 0.5) is 15.9 Å². The second-order valence-electron chi connectivity index (χ2n) is 9.94. The van der Waals surface area contributed by atoms with E-state index < -0.39 is 5.82 Å². The predicted molar refractivity (Wildman–Crippen MR) is 166 cm³/mol. The van der Waals surface area contributed by atoms with Gasteiger partial charge in [-0.05, 0) is 80.4 Å². The Hall–Kier alpha value is -4.32. The van der Waals surface area contributed by atoms with Crippen molar-refractivity contribution in [3.05, 3.63) is 95.1 Å². The molecule has 5 aromatic rings. The smallest absolute Gasteiger partial charge is 0.165 e. The lowest BCUT2D eigenvalue weighted by Crippen LogP contribution is -2.32. The van der Waals surface area contributed by atoms with E-state index in [1.807, 2.05) is 6.92 Å². The van der Waals surface area contributed by atoms with Crippen LogP contribution in [0.25, 0.3) is 16.6 Å². The van der Waals surface area contributed by atoms with Gasteiger partial charge in [0.2, 0.25) is 0 Å². The zero-order valence-electron chi connectivity index (χ0n) is 23.7. The summed E-state index contributed by atoms with van der Waals surface area (Å²) < 4.78 is 31.7. The highest BCUT2D eigenvalue weighted by atomic mass is 32.2. The number of carbonyl (C=O) groups is 1. The number of para-hydroxylation sites is 1. The van der Waals surface area contributed by atoms with Crippen molar-refractivity contribution in [2.24, 2.45) is 0 Å². The second-order valence-corrected chi connectivity index (χ2v) is 10.8. The Kier molecular flexibility index (Phi) is 9.11. The number of halogens is 1. The number of hydrogen-bond donors (Lipinski definition) is 3. The molecule has 11 heteroatoms. The van der Waals surface area contributed by atoms with Crippen molar-refractivity contribution in [2.45, 2.75) is 20.8 Å². The minimum Gasteiger partial charge on any atom is -0.454 e. The van der Waals surface area contributed by atoms with E-state index in [0.29, 0.717) is 17.6 Å². The molecule has 1 aliphatic heterocycles. The van der Waals surface area contributed by atoms with Crippen LogP contribution in [-0.2, 0) is 4.74 Å². The van der Waals surface area contributed by atoms with Crippen molar-refractivity contribution >= 4 is 40.8 Å². The van der Waals surface area contributed by atoms with Crippen molar-refractivity contribution in [1.29, 1.82) is 0 Å². The first kappa shape index (κ1) is 29.2. The molecule has 0 amide bonds. The van der Waals surface area contributed by atoms with Crippen molar-refractivity contribution in [3.63, 3.8) is 0 Å². The third kappa shape index (κ3) is 6.76. The number of fused-ring (bicyclic) bond motifs is 1. The highest BCUT2D eigenvalue weighted by molar-refractivity contribution is 7.98. The van der Waals surface area contributed by atoms with E-state index in [0.717, 1.165) is 37.6 Å². The number of rotatable bonds is 7. The summed E-state index contributed by atoms with van der Waals surface area (Å²) >= 11 is 1.67. The number of aryl methyl sites for hydroxylation is 3. The maximum absolute atomic E-state index is 13.6. The minimum atomic E-state index is -0.429. The highest BCUT2D eigenvalue weighted by Crippen LogP contribution is 2.29. The maximum atomic E-state index is 13.6. The average Bonchev–Trinajstić information content (AvgIpc) is 3.54. The van der Waals surface area contributed by atoms with Crippen LogP contribution in [-0.4, -0.2) is 51.7 Å². The van der Waals surface area contributed by atoms with E-state index in [1.165, 1.54) is 44.8 Å². The Morgan fingerprint density at radius 3 is 2.57 bits per heavy atom. The molecular weight excluding hydrogens is 555 g/mol. The van der Waals surface area contributed by atoms with E-state index in [2.05, 4.69) is 51.2 Å². The lowest BCUT2D eigenvalue weighted by Gasteiger charge is -2.25. The van der Waals surface area contributed by atoms with Crippen molar-refractivity contribution in [1.82, 2.24) is 19.1 Å². The molecule has 2 aromatic heterocycles. The fourth-order valence-corrected chi connectivity index (χ4v) is 5.32. The molecule has 1 saturated heterocycles. The summed E-state index contributed by atoms with van der Waals surface area (Å²) in [7, 11) is 0. The van der Waals surface area contributed by atoms with Gasteiger partial charge in [0.05, 0.1) is 36.3 Å². The topological polar surface area (TPSA) is 110 Å². The van der Waals surface area contributed by atoms with E-state index in [-0.39, 0.29) is 11.6 Å². The van der Waals surface area contributed by atoms with Crippen LogP contribution in [0.15, 0.2) is 66.9 Å². The molecule has 6 rings (SSSR count). The molecule has 0 atom stereocenters. The standard InChI is InChI=1S/C17H14FN3O2.C14H19N3OS/c1-11-8-13(23-16-5-3-2-4-14(16)18)6-7-15(11)21-17(19)12(10-22)9-20-21;1-10-7-12-8-11(2)15-14(12)9-13(10)16-19-17-3-5-18-6-4-17/h2-10H,19H2,1H3;7-9,15-16H,3-6H2,1-2H3. The van der Waals surface area contributed by atoms with E-state index in [4.69, 9.17) is 15.2 Å². The third-order valence-corrected chi connectivity index (χ3v) is 7.71. The number of nitrogens with two attached hydrogens (primary N) is 1. The lowest BCUT2D eigenvalue weighted by molar-refractivity contribution is 0.0775. The van der Waals surface area contributed by atoms with Crippen molar-refractivity contribution in [3.8, 4) is 17.2 Å². The quantitative estimate of drug-likeness (QED) is 0.144. The van der Waals surface area contributed by atoms with E-state index >= 15 is 0 Å². The number of H-pyrrole nitrogens is 1. The van der Waals surface area contributed by atoms with Gasteiger partial charge in [0.15, 0.2) is 17.9 Å². The van der Waals surface area contributed by atoms with Gasteiger partial charge in [0.25, 0.3) is 0 Å². The summed E-state index contributed by atoms with van der Waals surface area (Å²) in [5.74, 6) is 0.492. The SMILES string of the molecule is Cc1cc(Oc2ccccc2F)ccc1-n1ncc(C=O)c1N.Cc1cc2cc(C)c(NSN3CCOCC3)cc2[nH]1. The zero-order chi connectivity index (χ0) is 29.6. The number of carbonyl (C=O) groups excluding carboxylic acids is 1. The molecule has 0 radical (unpaired) electrons. The summed E-state index contributed by atoms with van der Waals surface area (Å²) in [6, 6.07) is 18.0. The van der Waals surface area contributed by atoms with Gasteiger partial charge in [-0.15, -0.1) is 0 Å². The number of nitrogens with one attached hydrogen (secondary N) is 2. The van der Waals surface area contributed by atoms with Crippen LogP contribution in [0.5, 0.6) is 11.5 Å². The molecule has 0 saturated carbocycles. The highest BCUT2D eigenvalue weighted by Gasteiger charge is 2.13. The summed E-state index contributed by atoms with van der Waals surface area (Å²) in [6.07, 6.45) is 2.06. The zero-order valence-corrected chi connectivity index (χ0v) is 24.5. The Bertz CT molecular complexity index is 1700. The molecule has 4 N–H and O–H groups in total. The fourth-order valence-electron chi connectivity index (χ4n) is 4.54. The van der Waals surface area contributed by atoms with Gasteiger partial charge in [-0.1, -0.05) is 12.1 Å². The number of anilines is 2. The largest absolute Gasteiger partial charge is 0.454 e. The fraction of sp³-hybridized carbons (Fsp3) is 0.226. The van der Waals surface area contributed by atoms with Gasteiger partial charge >= 0.3 is 0 Å². The maximum Gasteiger partial charge on any atom is 0.165 e. The molecule has 218 valence electrons. The number of nitrogens with zero attached hydrogens (tertiary/aromatic N) is 3. The van der Waals surface area contributed by atoms with Gasteiger partial charge in [0, 0.05) is 41.8 Å². The van der Waals surface area contributed by atoms with E-state index in [1.54, 1.807) is 48.5 Å². The first-order valence-corrected chi connectivity index (χ1v) is 14.3. The molecule has 1 fully saturated rings. The minimum absolute atomic E-state index is 0.154. The van der Waals surface area contributed by atoms with Crippen LogP contribution < -0.4 is 15.2 Å². The van der Waals surface area contributed by atoms with Crippen LogP contribution in [0.1, 0.15) is 27.2 Å².